The molecule has 4 atom stereocenters. The highest BCUT2D eigenvalue weighted by Gasteiger charge is 2.45. The number of fused-ring (bicyclic) bond motifs is 1. The van der Waals surface area contributed by atoms with Gasteiger partial charge in [-0.3, -0.25) is 9.59 Å². The Kier molecular flexibility index (Phi) is 3.17. The number of hydrogen-bond acceptors (Lipinski definition) is 2. The Morgan fingerprint density at radius 1 is 1.00 bits per heavy atom. The van der Waals surface area contributed by atoms with Gasteiger partial charge >= 0.3 is 5.97 Å². The van der Waals surface area contributed by atoms with Crippen molar-refractivity contribution < 1.29 is 14.7 Å². The predicted octanol–water partition coefficient (Wildman–Crippen LogP) is 1.39. The van der Waals surface area contributed by atoms with Crippen LogP contribution in [0, 0.1) is 23.7 Å². The monoisotopic (exact) mass is 225 g/mol. The van der Waals surface area contributed by atoms with Crippen LogP contribution in [0.15, 0.2) is 0 Å². The fraction of sp³-hybridized carbons (Fsp3) is 0.833. The van der Waals surface area contributed by atoms with E-state index in [0.717, 1.165) is 32.1 Å². The van der Waals surface area contributed by atoms with Gasteiger partial charge in [0.2, 0.25) is 5.91 Å². The molecule has 4 heteroatoms. The first-order chi connectivity index (χ1) is 7.61. The van der Waals surface area contributed by atoms with Gasteiger partial charge in [0.1, 0.15) is 0 Å². The normalized spacial score (nSPS) is 38.8. The van der Waals surface area contributed by atoms with Crippen molar-refractivity contribution in [1.82, 2.24) is 0 Å². The molecule has 90 valence electrons. The highest BCUT2D eigenvalue weighted by molar-refractivity contribution is 5.79. The minimum Gasteiger partial charge on any atom is -0.481 e. The van der Waals surface area contributed by atoms with Crippen LogP contribution in [0.3, 0.4) is 0 Å². The second-order valence-corrected chi connectivity index (χ2v) is 5.15. The molecule has 2 fully saturated rings. The maximum absolute atomic E-state index is 11.4. The van der Waals surface area contributed by atoms with Gasteiger partial charge in [-0.2, -0.15) is 0 Å². The zero-order valence-electron chi connectivity index (χ0n) is 9.39. The number of carbonyl (C=O) groups excluding carboxylic acids is 1. The smallest absolute Gasteiger partial charge is 0.306 e. The van der Waals surface area contributed by atoms with Crippen molar-refractivity contribution in [3.8, 4) is 0 Å². The molecule has 2 aliphatic rings. The summed E-state index contributed by atoms with van der Waals surface area (Å²) in [5.74, 6) is -1.21. The van der Waals surface area contributed by atoms with Crippen LogP contribution in [0.4, 0.5) is 0 Å². The van der Waals surface area contributed by atoms with Gasteiger partial charge in [0.05, 0.1) is 5.92 Å². The molecule has 2 saturated carbocycles. The van der Waals surface area contributed by atoms with E-state index in [1.165, 1.54) is 0 Å². The molecule has 0 bridgehead atoms. The van der Waals surface area contributed by atoms with Gasteiger partial charge < -0.3 is 10.8 Å². The minimum atomic E-state index is -0.747. The summed E-state index contributed by atoms with van der Waals surface area (Å²) in [6.07, 6.45) is 5.61. The standard InChI is InChI=1S/C12H19NO3/c13-11(14)8-5-1-3-7-4-2-6-9(10(7)8)12(15)16/h7-10H,1-6H2,(H2,13,14)(H,15,16). The molecule has 0 heterocycles. The summed E-state index contributed by atoms with van der Waals surface area (Å²) in [7, 11) is 0. The van der Waals surface area contributed by atoms with Gasteiger partial charge in [0.25, 0.3) is 0 Å². The lowest BCUT2D eigenvalue weighted by atomic mass is 9.60. The van der Waals surface area contributed by atoms with Crippen molar-refractivity contribution in [3.05, 3.63) is 0 Å². The number of nitrogens with two attached hydrogens (primary N) is 1. The topological polar surface area (TPSA) is 80.4 Å². The average molecular weight is 225 g/mol. The van der Waals surface area contributed by atoms with E-state index in [-0.39, 0.29) is 23.7 Å². The molecule has 2 rings (SSSR count). The maximum Gasteiger partial charge on any atom is 0.306 e. The van der Waals surface area contributed by atoms with Gasteiger partial charge in [0, 0.05) is 5.92 Å². The third-order valence-corrected chi connectivity index (χ3v) is 4.34. The third-order valence-electron chi connectivity index (χ3n) is 4.34. The molecule has 4 unspecified atom stereocenters. The summed E-state index contributed by atoms with van der Waals surface area (Å²) in [6, 6.07) is 0. The lowest BCUT2D eigenvalue weighted by Gasteiger charge is -2.43. The average Bonchev–Trinajstić information content (AvgIpc) is 2.27. The highest BCUT2D eigenvalue weighted by atomic mass is 16.4. The fourth-order valence-corrected chi connectivity index (χ4v) is 3.67. The van der Waals surface area contributed by atoms with Crippen molar-refractivity contribution in [3.63, 3.8) is 0 Å². The summed E-state index contributed by atoms with van der Waals surface area (Å²) in [4.78, 5) is 22.6. The Hall–Kier alpha value is -1.06. The number of amides is 1. The van der Waals surface area contributed by atoms with Crippen molar-refractivity contribution in [2.24, 2.45) is 29.4 Å². The zero-order valence-corrected chi connectivity index (χ0v) is 9.39. The molecule has 0 spiro atoms. The molecular weight excluding hydrogens is 206 g/mol. The third kappa shape index (κ3) is 1.93. The van der Waals surface area contributed by atoms with Crippen LogP contribution < -0.4 is 5.73 Å². The van der Waals surface area contributed by atoms with E-state index in [1.54, 1.807) is 0 Å². The van der Waals surface area contributed by atoms with Crippen molar-refractivity contribution >= 4 is 11.9 Å². The van der Waals surface area contributed by atoms with Crippen LogP contribution in [0.5, 0.6) is 0 Å². The largest absolute Gasteiger partial charge is 0.481 e. The molecule has 0 aromatic rings. The molecule has 0 radical (unpaired) electrons. The number of primary amides is 1. The van der Waals surface area contributed by atoms with Gasteiger partial charge in [-0.1, -0.05) is 25.7 Å². The van der Waals surface area contributed by atoms with Crippen LogP contribution in [0.2, 0.25) is 0 Å². The van der Waals surface area contributed by atoms with Crippen LogP contribution >= 0.6 is 0 Å². The molecule has 0 aromatic heterocycles. The number of carboxylic acid groups (broad SMARTS) is 1. The van der Waals surface area contributed by atoms with E-state index in [4.69, 9.17) is 5.73 Å². The van der Waals surface area contributed by atoms with Crippen molar-refractivity contribution in [1.29, 1.82) is 0 Å². The van der Waals surface area contributed by atoms with E-state index in [9.17, 15) is 14.7 Å². The number of carboxylic acids is 1. The van der Waals surface area contributed by atoms with Gasteiger partial charge in [-0.25, -0.2) is 0 Å². The van der Waals surface area contributed by atoms with Crippen LogP contribution in [-0.4, -0.2) is 17.0 Å². The van der Waals surface area contributed by atoms with Gasteiger partial charge in [-0.15, -0.1) is 0 Å². The summed E-state index contributed by atoms with van der Waals surface area (Å²) >= 11 is 0. The number of hydrogen-bond donors (Lipinski definition) is 2. The quantitative estimate of drug-likeness (QED) is 0.745. The Bertz CT molecular complexity index is 275. The Balaban J connectivity index is 2.22. The molecular formula is C12H19NO3. The van der Waals surface area contributed by atoms with Crippen LogP contribution in [0.1, 0.15) is 38.5 Å². The molecule has 0 aliphatic heterocycles. The summed E-state index contributed by atoms with van der Waals surface area (Å²) in [6.45, 7) is 0. The number of rotatable bonds is 2. The number of aliphatic carboxylic acids is 1. The molecule has 16 heavy (non-hydrogen) atoms. The van der Waals surface area contributed by atoms with E-state index in [0.29, 0.717) is 12.3 Å². The number of carbonyl (C=O) groups is 2. The first kappa shape index (κ1) is 11.4. The summed E-state index contributed by atoms with van der Waals surface area (Å²) in [5.41, 5.74) is 5.40. The van der Waals surface area contributed by atoms with Crippen LogP contribution in [-0.2, 0) is 9.59 Å². The highest BCUT2D eigenvalue weighted by Crippen LogP contribution is 2.46. The van der Waals surface area contributed by atoms with Crippen molar-refractivity contribution in [2.75, 3.05) is 0 Å². The lowest BCUT2D eigenvalue weighted by molar-refractivity contribution is -0.149. The summed E-state index contributed by atoms with van der Waals surface area (Å²) < 4.78 is 0. The Labute approximate surface area is 95.2 Å². The molecule has 3 N–H and O–H groups in total. The Morgan fingerprint density at radius 3 is 2.06 bits per heavy atom. The molecule has 2 aliphatic carbocycles. The predicted molar refractivity (Wildman–Crippen MR) is 58.5 cm³/mol. The van der Waals surface area contributed by atoms with E-state index >= 15 is 0 Å². The maximum atomic E-state index is 11.4. The van der Waals surface area contributed by atoms with E-state index in [2.05, 4.69) is 0 Å². The van der Waals surface area contributed by atoms with E-state index < -0.39 is 5.97 Å². The molecule has 0 aromatic carbocycles. The second-order valence-electron chi connectivity index (χ2n) is 5.15. The fourth-order valence-electron chi connectivity index (χ4n) is 3.67. The van der Waals surface area contributed by atoms with Gasteiger partial charge in [0.15, 0.2) is 0 Å². The first-order valence-corrected chi connectivity index (χ1v) is 6.13. The SMILES string of the molecule is NC(=O)C1CCCC2CCCC(C(=O)O)C21. The lowest BCUT2D eigenvalue weighted by Crippen LogP contribution is -2.45. The molecule has 1 amide bonds. The first-order valence-electron chi connectivity index (χ1n) is 6.13. The zero-order chi connectivity index (χ0) is 11.7. The second kappa shape index (κ2) is 4.44. The summed E-state index contributed by atoms with van der Waals surface area (Å²) in [5, 5.41) is 9.22. The van der Waals surface area contributed by atoms with Crippen molar-refractivity contribution in [2.45, 2.75) is 38.5 Å². The molecule has 4 nitrogen and oxygen atoms in total. The molecule has 0 saturated heterocycles. The minimum absolute atomic E-state index is 0.00231. The van der Waals surface area contributed by atoms with Crippen LogP contribution in [0.25, 0.3) is 0 Å². The van der Waals surface area contributed by atoms with Gasteiger partial charge in [-0.05, 0) is 24.7 Å². The van der Waals surface area contributed by atoms with E-state index in [1.807, 2.05) is 0 Å². The Morgan fingerprint density at radius 2 is 1.56 bits per heavy atom.